The number of hydrogen-bond donors (Lipinski definition) is 3. The van der Waals surface area contributed by atoms with E-state index in [-0.39, 0.29) is 11.5 Å². The lowest BCUT2D eigenvalue weighted by molar-refractivity contribution is -0.141. The van der Waals surface area contributed by atoms with Crippen molar-refractivity contribution in [3.63, 3.8) is 0 Å². The van der Waals surface area contributed by atoms with Crippen LogP contribution in [0, 0.1) is 5.92 Å². The smallest absolute Gasteiger partial charge is 0.308 e. The Bertz CT molecular complexity index is 628. The van der Waals surface area contributed by atoms with Crippen LogP contribution in [0.25, 0.3) is 0 Å². The van der Waals surface area contributed by atoms with Gasteiger partial charge in [-0.05, 0) is 32.9 Å². The van der Waals surface area contributed by atoms with Gasteiger partial charge in [-0.15, -0.1) is 0 Å². The standard InChI is InChI=1S/C15H18N2O5/c1-7(15(20)21)8(2)16-14(19)10-5-4-6-11-12(10)22-9(3)13(18)17-11/h4-9H,1-3H3,(H,16,19)(H,17,18)(H,20,21). The van der Waals surface area contributed by atoms with Gasteiger partial charge < -0.3 is 20.5 Å². The zero-order chi connectivity index (χ0) is 16.4. The maximum Gasteiger partial charge on any atom is 0.308 e. The van der Waals surface area contributed by atoms with E-state index in [2.05, 4.69) is 10.6 Å². The number of benzene rings is 1. The number of carbonyl (C=O) groups excluding carboxylic acids is 2. The summed E-state index contributed by atoms with van der Waals surface area (Å²) in [5.41, 5.74) is 0.684. The highest BCUT2D eigenvalue weighted by atomic mass is 16.5. The van der Waals surface area contributed by atoms with E-state index in [1.165, 1.54) is 6.92 Å². The second-order valence-corrected chi connectivity index (χ2v) is 5.32. The van der Waals surface area contributed by atoms with Gasteiger partial charge >= 0.3 is 5.97 Å². The first kappa shape index (κ1) is 15.8. The number of nitrogens with one attached hydrogen (secondary N) is 2. The van der Waals surface area contributed by atoms with E-state index in [9.17, 15) is 14.4 Å². The molecule has 3 unspecified atom stereocenters. The van der Waals surface area contributed by atoms with Crippen LogP contribution in [0.15, 0.2) is 18.2 Å². The lowest BCUT2D eigenvalue weighted by atomic mass is 10.0. The summed E-state index contributed by atoms with van der Waals surface area (Å²) in [6, 6.07) is 4.28. The molecule has 3 N–H and O–H groups in total. The van der Waals surface area contributed by atoms with E-state index in [1.807, 2.05) is 0 Å². The maximum atomic E-state index is 12.3. The molecule has 3 atom stereocenters. The van der Waals surface area contributed by atoms with Gasteiger partial charge in [0.05, 0.1) is 17.2 Å². The third-order valence-corrected chi connectivity index (χ3v) is 3.68. The van der Waals surface area contributed by atoms with Crippen LogP contribution in [0.3, 0.4) is 0 Å². The first-order valence-corrected chi connectivity index (χ1v) is 6.95. The van der Waals surface area contributed by atoms with E-state index in [4.69, 9.17) is 9.84 Å². The lowest BCUT2D eigenvalue weighted by Crippen LogP contribution is -2.41. The van der Waals surface area contributed by atoms with Crippen molar-refractivity contribution < 1.29 is 24.2 Å². The van der Waals surface area contributed by atoms with Crippen molar-refractivity contribution >= 4 is 23.5 Å². The SMILES string of the molecule is CC1Oc2c(cccc2C(=O)NC(C)C(C)C(=O)O)NC1=O. The predicted molar refractivity (Wildman–Crippen MR) is 78.9 cm³/mol. The molecule has 1 aliphatic rings. The van der Waals surface area contributed by atoms with Gasteiger partial charge in [0.25, 0.3) is 11.8 Å². The quantitative estimate of drug-likeness (QED) is 0.776. The van der Waals surface area contributed by atoms with Crippen LogP contribution in [0.4, 0.5) is 5.69 Å². The van der Waals surface area contributed by atoms with Crippen LogP contribution in [-0.2, 0) is 9.59 Å². The number of para-hydroxylation sites is 1. The average molecular weight is 306 g/mol. The highest BCUT2D eigenvalue weighted by molar-refractivity contribution is 6.04. The van der Waals surface area contributed by atoms with Crippen LogP contribution in [0.1, 0.15) is 31.1 Å². The zero-order valence-electron chi connectivity index (χ0n) is 12.5. The molecule has 0 radical (unpaired) electrons. The molecule has 1 aliphatic heterocycles. The minimum absolute atomic E-state index is 0.258. The molecule has 0 aliphatic carbocycles. The molecule has 0 saturated carbocycles. The van der Waals surface area contributed by atoms with Gasteiger partial charge in [0.1, 0.15) is 0 Å². The minimum Gasteiger partial charge on any atom is -0.481 e. The highest BCUT2D eigenvalue weighted by Gasteiger charge is 2.29. The van der Waals surface area contributed by atoms with Crippen molar-refractivity contribution in [2.75, 3.05) is 5.32 Å². The number of carboxylic acids is 1. The van der Waals surface area contributed by atoms with Gasteiger partial charge in [-0.25, -0.2) is 0 Å². The lowest BCUT2D eigenvalue weighted by Gasteiger charge is -2.25. The van der Waals surface area contributed by atoms with Crippen molar-refractivity contribution in [1.82, 2.24) is 5.32 Å². The number of hydrogen-bond acceptors (Lipinski definition) is 4. The van der Waals surface area contributed by atoms with Crippen molar-refractivity contribution in [2.45, 2.75) is 32.9 Å². The average Bonchev–Trinajstić information content (AvgIpc) is 2.46. The number of fused-ring (bicyclic) bond motifs is 1. The summed E-state index contributed by atoms with van der Waals surface area (Å²) in [5.74, 6) is -2.14. The third-order valence-electron chi connectivity index (χ3n) is 3.68. The third kappa shape index (κ3) is 3.03. The molecule has 0 fully saturated rings. The number of aliphatic carboxylic acids is 1. The molecule has 0 spiro atoms. The Labute approximate surface area is 127 Å². The van der Waals surface area contributed by atoms with Crippen LogP contribution >= 0.6 is 0 Å². The van der Waals surface area contributed by atoms with Gasteiger partial charge in [-0.1, -0.05) is 6.07 Å². The van der Waals surface area contributed by atoms with Gasteiger partial charge in [0.2, 0.25) is 0 Å². The highest BCUT2D eigenvalue weighted by Crippen LogP contribution is 2.33. The second kappa shape index (κ2) is 6.05. The monoisotopic (exact) mass is 306 g/mol. The summed E-state index contributed by atoms with van der Waals surface area (Å²) in [7, 11) is 0. The van der Waals surface area contributed by atoms with Gasteiger partial charge in [0.15, 0.2) is 11.9 Å². The van der Waals surface area contributed by atoms with Crippen LogP contribution < -0.4 is 15.4 Å². The molecule has 0 saturated heterocycles. The van der Waals surface area contributed by atoms with E-state index in [0.717, 1.165) is 0 Å². The van der Waals surface area contributed by atoms with Crippen LogP contribution in [-0.4, -0.2) is 35.0 Å². The largest absolute Gasteiger partial charge is 0.481 e. The fourth-order valence-corrected chi connectivity index (χ4v) is 2.03. The molecule has 1 aromatic carbocycles. The van der Waals surface area contributed by atoms with Gasteiger partial charge in [-0.3, -0.25) is 14.4 Å². The maximum absolute atomic E-state index is 12.3. The fourth-order valence-electron chi connectivity index (χ4n) is 2.03. The molecule has 22 heavy (non-hydrogen) atoms. The number of carbonyl (C=O) groups is 3. The van der Waals surface area contributed by atoms with Crippen molar-refractivity contribution in [3.05, 3.63) is 23.8 Å². The summed E-state index contributed by atoms with van der Waals surface area (Å²) in [5, 5.41) is 14.3. The Morgan fingerprint density at radius 1 is 1.36 bits per heavy atom. The number of rotatable bonds is 4. The molecule has 118 valence electrons. The Morgan fingerprint density at radius 3 is 2.68 bits per heavy atom. The molecule has 1 aromatic rings. The summed E-state index contributed by atoms with van der Waals surface area (Å²) in [4.78, 5) is 34.9. The van der Waals surface area contributed by atoms with Crippen LogP contribution in [0.2, 0.25) is 0 Å². The Kier molecular flexibility index (Phi) is 4.35. The molecular formula is C15H18N2O5. The van der Waals surface area contributed by atoms with E-state index in [1.54, 1.807) is 32.0 Å². The summed E-state index contributed by atoms with van der Waals surface area (Å²) in [6.45, 7) is 4.73. The normalized spacial score (nSPS) is 19.2. The minimum atomic E-state index is -0.986. The zero-order valence-corrected chi connectivity index (χ0v) is 12.5. The molecular weight excluding hydrogens is 288 g/mol. The summed E-state index contributed by atoms with van der Waals surface area (Å²) in [6.07, 6.45) is -0.697. The summed E-state index contributed by atoms with van der Waals surface area (Å²) >= 11 is 0. The van der Waals surface area contributed by atoms with Crippen molar-refractivity contribution in [1.29, 1.82) is 0 Å². The Balaban J connectivity index is 2.23. The number of amides is 2. The van der Waals surface area contributed by atoms with Crippen molar-refractivity contribution in [2.24, 2.45) is 5.92 Å². The first-order chi connectivity index (χ1) is 10.3. The predicted octanol–water partition coefficient (Wildman–Crippen LogP) is 1.24. The number of ether oxygens (including phenoxy) is 1. The van der Waals surface area contributed by atoms with E-state index < -0.39 is 29.9 Å². The molecule has 1 heterocycles. The van der Waals surface area contributed by atoms with Crippen molar-refractivity contribution in [3.8, 4) is 5.75 Å². The summed E-state index contributed by atoms with van der Waals surface area (Å²) < 4.78 is 5.50. The molecule has 7 nitrogen and oxygen atoms in total. The number of anilines is 1. The first-order valence-electron chi connectivity index (χ1n) is 6.95. The van der Waals surface area contributed by atoms with Gasteiger partial charge in [0, 0.05) is 6.04 Å². The molecule has 2 amide bonds. The molecule has 0 bridgehead atoms. The topological polar surface area (TPSA) is 105 Å². The van der Waals surface area contributed by atoms with Gasteiger partial charge in [-0.2, -0.15) is 0 Å². The second-order valence-electron chi connectivity index (χ2n) is 5.32. The molecule has 7 heteroatoms. The van der Waals surface area contributed by atoms with Crippen LogP contribution in [0.5, 0.6) is 5.75 Å². The Morgan fingerprint density at radius 2 is 2.05 bits per heavy atom. The number of carboxylic acid groups (broad SMARTS) is 1. The molecule has 0 aromatic heterocycles. The fraction of sp³-hybridized carbons (Fsp3) is 0.400. The van der Waals surface area contributed by atoms with E-state index in [0.29, 0.717) is 11.4 Å². The van der Waals surface area contributed by atoms with E-state index >= 15 is 0 Å². The Hall–Kier alpha value is -2.57. The molecule has 2 rings (SSSR count).